The minimum absolute atomic E-state index is 0.0356. The fraction of sp³-hybridized carbons (Fsp3) is 0.417. The number of hydrogen-bond acceptors (Lipinski definition) is 7. The molecule has 0 amide bonds. The number of nitro groups is 1. The molecule has 0 aromatic heterocycles. The maximum atomic E-state index is 11.8. The molecule has 32 heavy (non-hydrogen) atoms. The lowest BCUT2D eigenvalue weighted by atomic mass is 9.96. The summed E-state index contributed by atoms with van der Waals surface area (Å²) in [6.45, 7) is 4.39. The van der Waals surface area contributed by atoms with Gasteiger partial charge in [-0.15, -0.1) is 0 Å². The minimum Gasteiger partial charge on any atom is -0.465 e. The highest BCUT2D eigenvalue weighted by atomic mass is 16.6. The molecule has 2 aliphatic rings. The largest absolute Gasteiger partial charge is 0.465 e. The maximum absolute atomic E-state index is 11.8. The molecule has 170 valence electrons. The van der Waals surface area contributed by atoms with Gasteiger partial charge in [0.2, 0.25) is 0 Å². The van der Waals surface area contributed by atoms with E-state index in [2.05, 4.69) is 0 Å². The van der Waals surface area contributed by atoms with Crippen molar-refractivity contribution in [3.8, 4) is 0 Å². The van der Waals surface area contributed by atoms with Gasteiger partial charge in [0.25, 0.3) is 5.69 Å². The molecule has 2 saturated carbocycles. The molecule has 8 heteroatoms. The number of ether oxygens (including phenoxy) is 2. The molecule has 0 aliphatic heterocycles. The fourth-order valence-electron chi connectivity index (χ4n) is 3.71. The van der Waals surface area contributed by atoms with Gasteiger partial charge in [0, 0.05) is 17.8 Å². The van der Waals surface area contributed by atoms with Gasteiger partial charge in [-0.2, -0.15) is 0 Å². The number of nitrogens with zero attached hydrogens (tertiary/aromatic N) is 1. The molecule has 0 saturated heterocycles. The molecule has 0 atom stereocenters. The fourth-order valence-corrected chi connectivity index (χ4v) is 3.71. The Bertz CT molecular complexity index is 977. The van der Waals surface area contributed by atoms with Gasteiger partial charge in [0.05, 0.1) is 29.0 Å². The van der Waals surface area contributed by atoms with Crippen LogP contribution in [-0.2, 0) is 29.9 Å². The molecule has 4 rings (SSSR count). The Kier molecular flexibility index (Phi) is 6.81. The van der Waals surface area contributed by atoms with Crippen molar-refractivity contribution < 1.29 is 24.0 Å². The zero-order valence-electron chi connectivity index (χ0n) is 18.3. The van der Waals surface area contributed by atoms with Crippen molar-refractivity contribution in [1.29, 1.82) is 0 Å². The second-order valence-electron chi connectivity index (χ2n) is 8.03. The van der Waals surface area contributed by atoms with Gasteiger partial charge in [0.1, 0.15) is 0 Å². The summed E-state index contributed by atoms with van der Waals surface area (Å²) in [4.78, 5) is 33.6. The van der Waals surface area contributed by atoms with E-state index in [0.29, 0.717) is 13.2 Å². The van der Waals surface area contributed by atoms with Crippen LogP contribution >= 0.6 is 0 Å². The van der Waals surface area contributed by atoms with E-state index in [1.165, 1.54) is 12.1 Å². The quantitative estimate of drug-likeness (QED) is 0.298. The molecule has 2 aromatic rings. The van der Waals surface area contributed by atoms with E-state index >= 15 is 0 Å². The van der Waals surface area contributed by atoms with Crippen LogP contribution < -0.4 is 5.73 Å². The molecule has 0 radical (unpaired) electrons. The minimum atomic E-state index is -0.550. The van der Waals surface area contributed by atoms with Crippen LogP contribution in [0.1, 0.15) is 50.7 Å². The molecule has 2 aliphatic carbocycles. The predicted molar refractivity (Wildman–Crippen MR) is 119 cm³/mol. The van der Waals surface area contributed by atoms with Crippen molar-refractivity contribution in [2.75, 3.05) is 18.9 Å². The lowest BCUT2D eigenvalue weighted by Gasteiger charge is -2.14. The van der Waals surface area contributed by atoms with Crippen molar-refractivity contribution >= 4 is 23.3 Å². The highest BCUT2D eigenvalue weighted by Crippen LogP contribution is 2.50. The SMILES string of the molecule is CCOC(=O)C1(c2ccc(N)cc2)CC1.CCOC(=O)C1(c2ccc([N+](=O)[O-])cc2)CC1. The Balaban J connectivity index is 0.000000182. The topological polar surface area (TPSA) is 122 Å². The summed E-state index contributed by atoms with van der Waals surface area (Å²) in [6, 6.07) is 13.6. The molecule has 0 bridgehead atoms. The lowest BCUT2D eigenvalue weighted by Crippen LogP contribution is -2.23. The van der Waals surface area contributed by atoms with Crippen molar-refractivity contribution in [2.24, 2.45) is 0 Å². The van der Waals surface area contributed by atoms with Crippen LogP contribution in [0.25, 0.3) is 0 Å². The molecule has 0 unspecified atom stereocenters. The van der Waals surface area contributed by atoms with Gasteiger partial charge in [-0.3, -0.25) is 19.7 Å². The van der Waals surface area contributed by atoms with E-state index in [1.54, 1.807) is 19.1 Å². The maximum Gasteiger partial charge on any atom is 0.316 e. The Morgan fingerprint density at radius 2 is 1.22 bits per heavy atom. The van der Waals surface area contributed by atoms with Crippen molar-refractivity contribution in [1.82, 2.24) is 0 Å². The Morgan fingerprint density at radius 3 is 1.53 bits per heavy atom. The van der Waals surface area contributed by atoms with Crippen molar-refractivity contribution in [2.45, 2.75) is 50.4 Å². The number of nitrogen functional groups attached to an aromatic ring is 1. The van der Waals surface area contributed by atoms with Crippen LogP contribution in [0, 0.1) is 10.1 Å². The van der Waals surface area contributed by atoms with Gasteiger partial charge >= 0.3 is 11.9 Å². The van der Waals surface area contributed by atoms with Gasteiger partial charge in [0.15, 0.2) is 0 Å². The number of rotatable bonds is 7. The smallest absolute Gasteiger partial charge is 0.316 e. The van der Waals surface area contributed by atoms with E-state index in [0.717, 1.165) is 42.5 Å². The third-order valence-electron chi connectivity index (χ3n) is 5.93. The van der Waals surface area contributed by atoms with Crippen LogP contribution in [0.4, 0.5) is 11.4 Å². The zero-order chi connectivity index (χ0) is 23.4. The van der Waals surface area contributed by atoms with Crippen LogP contribution in [0.2, 0.25) is 0 Å². The number of hydrogen-bond donors (Lipinski definition) is 1. The molecule has 2 N–H and O–H groups in total. The van der Waals surface area contributed by atoms with Crippen LogP contribution in [-0.4, -0.2) is 30.1 Å². The predicted octanol–water partition coefficient (Wildman–Crippen LogP) is 4.05. The summed E-state index contributed by atoms with van der Waals surface area (Å²) in [6.07, 6.45) is 3.28. The average Bonchev–Trinajstić information content (AvgIpc) is 3.70. The monoisotopic (exact) mass is 440 g/mol. The third-order valence-corrected chi connectivity index (χ3v) is 5.93. The van der Waals surface area contributed by atoms with E-state index in [4.69, 9.17) is 15.2 Å². The summed E-state index contributed by atoms with van der Waals surface area (Å²) in [5, 5.41) is 10.5. The number of esters is 2. The number of carbonyl (C=O) groups excluding carboxylic acids is 2. The summed E-state index contributed by atoms with van der Waals surface area (Å²) >= 11 is 0. The van der Waals surface area contributed by atoms with Gasteiger partial charge in [-0.05, 0) is 62.8 Å². The van der Waals surface area contributed by atoms with Gasteiger partial charge in [-0.25, -0.2) is 0 Å². The number of benzene rings is 2. The molecule has 0 spiro atoms. The van der Waals surface area contributed by atoms with E-state index < -0.39 is 10.3 Å². The summed E-state index contributed by atoms with van der Waals surface area (Å²) < 4.78 is 10.1. The Morgan fingerprint density at radius 1 is 0.844 bits per heavy atom. The zero-order valence-corrected chi connectivity index (χ0v) is 18.3. The molecular formula is C24H28N2O6. The molecular weight excluding hydrogens is 412 g/mol. The average molecular weight is 440 g/mol. The number of nitro benzene ring substituents is 1. The molecule has 2 aromatic carbocycles. The van der Waals surface area contributed by atoms with Gasteiger partial charge in [-0.1, -0.05) is 24.3 Å². The number of anilines is 1. The highest BCUT2D eigenvalue weighted by Gasteiger charge is 2.53. The van der Waals surface area contributed by atoms with Crippen LogP contribution in [0.5, 0.6) is 0 Å². The van der Waals surface area contributed by atoms with E-state index in [-0.39, 0.29) is 23.0 Å². The van der Waals surface area contributed by atoms with Gasteiger partial charge < -0.3 is 15.2 Å². The first-order chi connectivity index (χ1) is 15.3. The normalized spacial score (nSPS) is 16.7. The summed E-state index contributed by atoms with van der Waals surface area (Å²) in [5.41, 5.74) is 7.27. The van der Waals surface area contributed by atoms with E-state index in [1.807, 2.05) is 31.2 Å². The number of nitrogens with two attached hydrogens (primary N) is 1. The van der Waals surface area contributed by atoms with Crippen LogP contribution in [0.15, 0.2) is 48.5 Å². The number of non-ortho nitro benzene ring substituents is 1. The second kappa shape index (κ2) is 9.38. The first-order valence-corrected chi connectivity index (χ1v) is 10.7. The summed E-state index contributed by atoms with van der Waals surface area (Å²) in [7, 11) is 0. The number of carbonyl (C=O) groups is 2. The second-order valence-corrected chi connectivity index (χ2v) is 8.03. The first kappa shape index (κ1) is 23.2. The van der Waals surface area contributed by atoms with Crippen molar-refractivity contribution in [3.05, 3.63) is 69.8 Å². The van der Waals surface area contributed by atoms with Crippen molar-refractivity contribution in [3.63, 3.8) is 0 Å². The molecule has 2 fully saturated rings. The summed E-state index contributed by atoms with van der Waals surface area (Å²) in [5.74, 6) is -0.330. The van der Waals surface area contributed by atoms with E-state index in [9.17, 15) is 19.7 Å². The standard InChI is InChI=1S/C12H13NO4.C12H15NO2/c1-2-17-11(14)12(7-8-12)9-3-5-10(6-4-9)13(15)16;1-2-15-11(14)12(7-8-12)9-3-5-10(13)6-4-9/h3-6H,2,7-8H2,1H3;3-6H,2,7-8,13H2,1H3. The lowest BCUT2D eigenvalue weighted by molar-refractivity contribution is -0.384. The molecule has 0 heterocycles. The first-order valence-electron chi connectivity index (χ1n) is 10.7. The third kappa shape index (κ3) is 4.74. The van der Waals surface area contributed by atoms with Crippen LogP contribution in [0.3, 0.4) is 0 Å². The highest BCUT2D eigenvalue weighted by molar-refractivity contribution is 5.87. The Labute approximate surface area is 186 Å². The Hall–Kier alpha value is -3.42. The molecule has 8 nitrogen and oxygen atoms in total.